The van der Waals surface area contributed by atoms with Gasteiger partial charge in [-0.1, -0.05) is 18.2 Å². The van der Waals surface area contributed by atoms with Gasteiger partial charge in [0.25, 0.3) is 0 Å². The Labute approximate surface area is 161 Å². The molecule has 1 atom stereocenters. The molecule has 0 bridgehead atoms. The van der Waals surface area contributed by atoms with E-state index in [0.29, 0.717) is 12.5 Å². The summed E-state index contributed by atoms with van der Waals surface area (Å²) in [5.41, 5.74) is 1.11. The molecule has 6 nitrogen and oxygen atoms in total. The van der Waals surface area contributed by atoms with E-state index < -0.39 is 0 Å². The van der Waals surface area contributed by atoms with Gasteiger partial charge in [-0.2, -0.15) is 0 Å². The van der Waals surface area contributed by atoms with Crippen molar-refractivity contribution in [3.63, 3.8) is 0 Å². The predicted molar refractivity (Wildman–Crippen MR) is 104 cm³/mol. The second kappa shape index (κ2) is 7.50. The first-order valence-electron chi connectivity index (χ1n) is 10.0. The summed E-state index contributed by atoms with van der Waals surface area (Å²) in [5, 5.41) is 0. The Bertz CT molecular complexity index is 685. The molecule has 4 rings (SSSR count). The van der Waals surface area contributed by atoms with Crippen LogP contribution in [0.5, 0.6) is 0 Å². The minimum absolute atomic E-state index is 0.0797. The van der Waals surface area contributed by atoms with E-state index >= 15 is 0 Å². The van der Waals surface area contributed by atoms with E-state index in [0.717, 1.165) is 51.9 Å². The van der Waals surface area contributed by atoms with Crippen LogP contribution in [0.1, 0.15) is 32.1 Å². The zero-order valence-corrected chi connectivity index (χ0v) is 16.1. The van der Waals surface area contributed by atoms with Gasteiger partial charge in [-0.3, -0.25) is 9.59 Å². The molecule has 27 heavy (non-hydrogen) atoms. The molecule has 1 aromatic carbocycles. The summed E-state index contributed by atoms with van der Waals surface area (Å²) in [6.07, 6.45) is 4.22. The normalized spacial score (nSPS) is 24.6. The van der Waals surface area contributed by atoms with E-state index in [1.54, 1.807) is 4.90 Å². The first kappa shape index (κ1) is 18.3. The van der Waals surface area contributed by atoms with E-state index in [1.807, 2.05) is 11.0 Å². The summed E-state index contributed by atoms with van der Waals surface area (Å²) in [4.78, 5) is 30.2. The highest BCUT2D eigenvalue weighted by atomic mass is 16.5. The Kier molecular flexibility index (Phi) is 5.08. The first-order valence-corrected chi connectivity index (χ1v) is 10.0. The number of anilines is 1. The van der Waals surface area contributed by atoms with Gasteiger partial charge in [0.15, 0.2) is 0 Å². The number of hydrogen-bond donors (Lipinski definition) is 0. The summed E-state index contributed by atoms with van der Waals surface area (Å²) >= 11 is 0. The van der Waals surface area contributed by atoms with E-state index in [2.05, 4.69) is 36.2 Å². The molecule has 0 saturated carbocycles. The molecule has 3 fully saturated rings. The number of amides is 2. The predicted octanol–water partition coefficient (Wildman–Crippen LogP) is 1.90. The molecule has 3 aliphatic rings. The molecule has 146 valence electrons. The minimum Gasteiger partial charge on any atom is -0.373 e. The molecule has 2 amide bonds. The number of likely N-dealkylation sites (N-methyl/N-ethyl adjacent to an activating group) is 1. The van der Waals surface area contributed by atoms with Crippen LogP contribution in [0.25, 0.3) is 0 Å². The SMILES string of the molecule is CN(c1ccccc1)[C@@H]1COC2(CCN(C(=O)CN3CCCC3=O)CC2)C1. The van der Waals surface area contributed by atoms with Gasteiger partial charge >= 0.3 is 0 Å². The largest absolute Gasteiger partial charge is 0.373 e. The first-order chi connectivity index (χ1) is 13.1. The van der Waals surface area contributed by atoms with Gasteiger partial charge in [-0.05, 0) is 37.8 Å². The second-order valence-electron chi connectivity index (χ2n) is 8.10. The maximum Gasteiger partial charge on any atom is 0.242 e. The van der Waals surface area contributed by atoms with Crippen molar-refractivity contribution in [3.8, 4) is 0 Å². The van der Waals surface area contributed by atoms with Crippen LogP contribution in [-0.2, 0) is 14.3 Å². The van der Waals surface area contributed by atoms with Crippen molar-refractivity contribution >= 4 is 17.5 Å². The summed E-state index contributed by atoms with van der Waals surface area (Å²) < 4.78 is 6.27. The molecule has 6 heteroatoms. The molecule has 0 aromatic heterocycles. The number of ether oxygens (including phenoxy) is 1. The number of likely N-dealkylation sites (tertiary alicyclic amines) is 2. The van der Waals surface area contributed by atoms with Crippen LogP contribution in [0.2, 0.25) is 0 Å². The fourth-order valence-corrected chi connectivity index (χ4v) is 4.59. The second-order valence-corrected chi connectivity index (χ2v) is 8.10. The van der Waals surface area contributed by atoms with Crippen LogP contribution in [0.3, 0.4) is 0 Å². The highest BCUT2D eigenvalue weighted by Crippen LogP contribution is 2.38. The monoisotopic (exact) mass is 371 g/mol. The molecule has 1 aromatic rings. The lowest BCUT2D eigenvalue weighted by atomic mass is 9.87. The number of piperidine rings is 1. The van der Waals surface area contributed by atoms with Gasteiger partial charge < -0.3 is 19.4 Å². The Morgan fingerprint density at radius 3 is 2.63 bits per heavy atom. The van der Waals surface area contributed by atoms with E-state index in [1.165, 1.54) is 5.69 Å². The van der Waals surface area contributed by atoms with Crippen molar-refractivity contribution in [2.45, 2.75) is 43.7 Å². The van der Waals surface area contributed by atoms with Crippen LogP contribution in [0.15, 0.2) is 30.3 Å². The highest BCUT2D eigenvalue weighted by Gasteiger charge is 2.44. The highest BCUT2D eigenvalue weighted by molar-refractivity contribution is 5.85. The Hall–Kier alpha value is -2.08. The molecule has 3 heterocycles. The van der Waals surface area contributed by atoms with Crippen LogP contribution >= 0.6 is 0 Å². The van der Waals surface area contributed by atoms with Crippen LogP contribution in [-0.4, -0.2) is 73.1 Å². The maximum atomic E-state index is 12.5. The average Bonchev–Trinajstić information content (AvgIpc) is 3.29. The van der Waals surface area contributed by atoms with Crippen LogP contribution < -0.4 is 4.90 Å². The van der Waals surface area contributed by atoms with Crippen molar-refractivity contribution in [3.05, 3.63) is 30.3 Å². The quantitative estimate of drug-likeness (QED) is 0.811. The van der Waals surface area contributed by atoms with Crippen molar-refractivity contribution in [2.24, 2.45) is 0 Å². The number of para-hydroxylation sites is 1. The molecule has 3 aliphatic heterocycles. The number of carbonyl (C=O) groups is 2. The zero-order valence-electron chi connectivity index (χ0n) is 16.1. The summed E-state index contributed by atoms with van der Waals surface area (Å²) in [7, 11) is 2.13. The number of carbonyl (C=O) groups excluding carboxylic acids is 2. The topological polar surface area (TPSA) is 53.1 Å². The van der Waals surface area contributed by atoms with Gasteiger partial charge in [0.2, 0.25) is 11.8 Å². The van der Waals surface area contributed by atoms with Crippen molar-refractivity contribution < 1.29 is 14.3 Å². The van der Waals surface area contributed by atoms with Gasteiger partial charge in [0.1, 0.15) is 0 Å². The molecule has 3 saturated heterocycles. The number of nitrogens with zero attached hydrogens (tertiary/aromatic N) is 3. The summed E-state index contributed by atoms with van der Waals surface area (Å²) in [5.74, 6) is 0.193. The van der Waals surface area contributed by atoms with E-state index in [9.17, 15) is 9.59 Å². The molecule has 0 aliphatic carbocycles. The fourth-order valence-electron chi connectivity index (χ4n) is 4.59. The summed E-state index contributed by atoms with van der Waals surface area (Å²) in [6.45, 7) is 3.15. The van der Waals surface area contributed by atoms with E-state index in [4.69, 9.17) is 4.74 Å². The Balaban J connectivity index is 1.30. The smallest absolute Gasteiger partial charge is 0.242 e. The zero-order chi connectivity index (χ0) is 18.9. The minimum atomic E-state index is -0.103. The van der Waals surface area contributed by atoms with Gasteiger partial charge in [-0.15, -0.1) is 0 Å². The maximum absolute atomic E-state index is 12.5. The van der Waals surface area contributed by atoms with Gasteiger partial charge in [0.05, 0.1) is 24.8 Å². The van der Waals surface area contributed by atoms with Crippen molar-refractivity contribution in [1.82, 2.24) is 9.80 Å². The third kappa shape index (κ3) is 3.81. The number of benzene rings is 1. The van der Waals surface area contributed by atoms with Crippen molar-refractivity contribution in [2.75, 3.05) is 44.7 Å². The van der Waals surface area contributed by atoms with Crippen molar-refractivity contribution in [1.29, 1.82) is 0 Å². The van der Waals surface area contributed by atoms with Crippen LogP contribution in [0.4, 0.5) is 5.69 Å². The Morgan fingerprint density at radius 2 is 1.96 bits per heavy atom. The Morgan fingerprint density at radius 1 is 1.22 bits per heavy atom. The molecule has 0 N–H and O–H groups in total. The lowest BCUT2D eigenvalue weighted by Gasteiger charge is -2.39. The summed E-state index contributed by atoms with van der Waals surface area (Å²) in [6, 6.07) is 10.8. The number of rotatable bonds is 4. The molecular weight excluding hydrogens is 342 g/mol. The standard InChI is InChI=1S/C21H29N3O3/c1-22(17-6-3-2-4-7-17)18-14-21(27-16-18)9-12-23(13-10-21)20(26)15-24-11-5-8-19(24)25/h2-4,6-7,18H,5,8-16H2,1H3/t18-/m0/s1. The molecule has 0 radical (unpaired) electrons. The number of hydrogen-bond acceptors (Lipinski definition) is 4. The average molecular weight is 371 g/mol. The van der Waals surface area contributed by atoms with E-state index in [-0.39, 0.29) is 24.0 Å². The van der Waals surface area contributed by atoms with Crippen LogP contribution in [0, 0.1) is 0 Å². The third-order valence-electron chi connectivity index (χ3n) is 6.43. The molecule has 1 spiro atoms. The van der Waals surface area contributed by atoms with Gasteiger partial charge in [0, 0.05) is 38.8 Å². The molecular formula is C21H29N3O3. The lowest BCUT2D eigenvalue weighted by molar-refractivity contribution is -0.141. The van der Waals surface area contributed by atoms with Gasteiger partial charge in [-0.25, -0.2) is 0 Å². The fraction of sp³-hybridized carbons (Fsp3) is 0.619. The molecule has 0 unspecified atom stereocenters. The lowest BCUT2D eigenvalue weighted by Crippen LogP contribution is -2.49. The third-order valence-corrected chi connectivity index (χ3v) is 6.43.